The van der Waals surface area contributed by atoms with Gasteiger partial charge in [-0.05, 0) is 61.6 Å². The Balaban J connectivity index is 1.96. The Bertz CT molecular complexity index is 1050. The summed E-state index contributed by atoms with van der Waals surface area (Å²) >= 11 is 0.932. The molecule has 0 aliphatic carbocycles. The summed E-state index contributed by atoms with van der Waals surface area (Å²) in [5, 5.41) is -0.108. The molecule has 0 aliphatic rings. The summed E-state index contributed by atoms with van der Waals surface area (Å²) in [6.45, 7) is 5.62. The summed E-state index contributed by atoms with van der Waals surface area (Å²) < 4.78 is 67.6. The van der Waals surface area contributed by atoms with E-state index >= 15 is 0 Å². The molecule has 0 spiro atoms. The van der Waals surface area contributed by atoms with Gasteiger partial charge in [0, 0.05) is 11.3 Å². The van der Waals surface area contributed by atoms with Gasteiger partial charge in [0.2, 0.25) is 5.12 Å². The third-order valence-corrected chi connectivity index (χ3v) is 6.69. The van der Waals surface area contributed by atoms with Crippen LogP contribution >= 0.6 is 11.8 Å². The summed E-state index contributed by atoms with van der Waals surface area (Å²) in [5.41, 5.74) is 0.474. The highest BCUT2D eigenvalue weighted by molar-refractivity contribution is 8.14. The molecule has 1 N–H and O–H groups in total. The highest BCUT2D eigenvalue weighted by Gasteiger charge is 2.31. The van der Waals surface area contributed by atoms with Crippen molar-refractivity contribution in [1.82, 2.24) is 4.90 Å². The van der Waals surface area contributed by atoms with E-state index in [0.717, 1.165) is 49.1 Å². The number of carbonyl (C=O) groups excluding carboxylic acids is 2. The minimum atomic E-state index is -4.88. The molecule has 0 bridgehead atoms. The summed E-state index contributed by atoms with van der Waals surface area (Å²) in [6, 6.07) is 9.36. The number of likely N-dealkylation sites (N-methyl/N-ethyl adjacent to an activating group) is 1. The fourth-order valence-corrected chi connectivity index (χ4v) is 4.45. The van der Waals surface area contributed by atoms with E-state index < -0.39 is 22.1 Å². The molecular formula is C21H23F3N2O5S2. The van der Waals surface area contributed by atoms with E-state index in [4.69, 9.17) is 0 Å². The van der Waals surface area contributed by atoms with Crippen LogP contribution in [0.25, 0.3) is 0 Å². The molecule has 12 heteroatoms. The van der Waals surface area contributed by atoms with Gasteiger partial charge in [0.1, 0.15) is 5.75 Å². The normalized spacial score (nSPS) is 11.9. The lowest BCUT2D eigenvalue weighted by Gasteiger charge is -2.16. The number of anilines is 1. The third-order valence-electron chi connectivity index (χ3n) is 4.44. The molecule has 2 rings (SSSR count). The Morgan fingerprint density at radius 3 is 2.09 bits per heavy atom. The largest absolute Gasteiger partial charge is 0.573 e. The second-order valence-corrected chi connectivity index (χ2v) is 9.46. The standard InChI is InChI=1S/C21H23F3N2O5S2/c1-3-26(4-2)13-20(28)32-14-19(27)15-5-7-16(8-6-15)25-33(29,30)18-11-9-17(10-12-18)31-21(22,23)24/h5-12,25H,3-4,13-14H2,1-2H3. The van der Waals surface area contributed by atoms with E-state index in [1.54, 1.807) is 0 Å². The lowest BCUT2D eigenvalue weighted by atomic mass is 10.1. The van der Waals surface area contributed by atoms with Crippen molar-refractivity contribution in [2.75, 3.05) is 30.1 Å². The summed E-state index contributed by atoms with van der Waals surface area (Å²) in [7, 11) is -4.07. The van der Waals surface area contributed by atoms with Crippen LogP contribution in [-0.2, 0) is 14.8 Å². The molecule has 180 valence electrons. The van der Waals surface area contributed by atoms with E-state index in [1.807, 2.05) is 18.7 Å². The van der Waals surface area contributed by atoms with Crippen LogP contribution in [0.2, 0.25) is 0 Å². The lowest BCUT2D eigenvalue weighted by molar-refractivity contribution is -0.274. The molecule has 2 aromatic carbocycles. The molecule has 0 aromatic heterocycles. The van der Waals surface area contributed by atoms with Crippen LogP contribution in [0.5, 0.6) is 5.75 Å². The van der Waals surface area contributed by atoms with Gasteiger partial charge in [0.25, 0.3) is 10.0 Å². The van der Waals surface area contributed by atoms with E-state index in [1.165, 1.54) is 24.3 Å². The number of sulfonamides is 1. The second kappa shape index (κ2) is 11.5. The van der Waals surface area contributed by atoms with Crippen molar-refractivity contribution in [3.05, 3.63) is 54.1 Å². The van der Waals surface area contributed by atoms with E-state index in [0.29, 0.717) is 5.56 Å². The quantitative estimate of drug-likeness (QED) is 0.459. The first-order valence-electron chi connectivity index (χ1n) is 9.83. The molecule has 2 aromatic rings. The maximum absolute atomic E-state index is 12.4. The van der Waals surface area contributed by atoms with Gasteiger partial charge in [0.15, 0.2) is 5.78 Å². The van der Waals surface area contributed by atoms with Gasteiger partial charge in [-0.1, -0.05) is 25.6 Å². The smallest absolute Gasteiger partial charge is 0.406 e. The molecule has 0 amide bonds. The monoisotopic (exact) mass is 504 g/mol. The minimum absolute atomic E-state index is 0.0302. The van der Waals surface area contributed by atoms with Gasteiger partial charge in [-0.2, -0.15) is 0 Å². The van der Waals surface area contributed by atoms with Crippen LogP contribution in [0.1, 0.15) is 24.2 Å². The minimum Gasteiger partial charge on any atom is -0.406 e. The van der Waals surface area contributed by atoms with Crippen molar-refractivity contribution in [1.29, 1.82) is 0 Å². The molecule has 0 aliphatic heterocycles. The first-order chi connectivity index (χ1) is 15.4. The van der Waals surface area contributed by atoms with Crippen LogP contribution in [0, 0.1) is 0 Å². The van der Waals surface area contributed by atoms with Crippen molar-refractivity contribution in [2.24, 2.45) is 0 Å². The van der Waals surface area contributed by atoms with Gasteiger partial charge < -0.3 is 4.74 Å². The van der Waals surface area contributed by atoms with Gasteiger partial charge in [0.05, 0.1) is 17.2 Å². The van der Waals surface area contributed by atoms with E-state index in [-0.39, 0.29) is 33.8 Å². The highest BCUT2D eigenvalue weighted by Crippen LogP contribution is 2.25. The number of nitrogens with zero attached hydrogens (tertiary/aromatic N) is 1. The Kier molecular flexibility index (Phi) is 9.32. The van der Waals surface area contributed by atoms with Crippen LogP contribution in [-0.4, -0.2) is 56.0 Å². The number of thioether (sulfide) groups is 1. The number of benzene rings is 2. The number of alkyl halides is 3. The topological polar surface area (TPSA) is 92.8 Å². The van der Waals surface area contributed by atoms with Crippen molar-refractivity contribution in [2.45, 2.75) is 25.1 Å². The van der Waals surface area contributed by atoms with Crippen LogP contribution < -0.4 is 9.46 Å². The third kappa shape index (κ3) is 8.71. The number of carbonyl (C=O) groups is 2. The molecular weight excluding hydrogens is 481 g/mol. The number of ketones is 1. The molecule has 0 saturated carbocycles. The molecule has 33 heavy (non-hydrogen) atoms. The zero-order chi connectivity index (χ0) is 24.6. The second-order valence-electron chi connectivity index (χ2n) is 6.75. The molecule has 0 saturated heterocycles. The maximum atomic E-state index is 12.4. The number of halogens is 3. The Morgan fingerprint density at radius 1 is 1.00 bits per heavy atom. The molecule has 7 nitrogen and oxygen atoms in total. The number of Topliss-reactive ketones (excluding diaryl/α,β-unsaturated/α-hetero) is 1. The molecule has 0 heterocycles. The lowest BCUT2D eigenvalue weighted by Crippen LogP contribution is -2.28. The molecule has 0 unspecified atom stereocenters. The number of nitrogens with one attached hydrogen (secondary N) is 1. The van der Waals surface area contributed by atoms with Gasteiger partial charge in [-0.3, -0.25) is 19.2 Å². The zero-order valence-corrected chi connectivity index (χ0v) is 19.5. The highest BCUT2D eigenvalue weighted by atomic mass is 32.2. The Hall–Kier alpha value is -2.57. The van der Waals surface area contributed by atoms with Crippen molar-refractivity contribution in [3.63, 3.8) is 0 Å². The first kappa shape index (κ1) is 26.7. The van der Waals surface area contributed by atoms with Crippen LogP contribution in [0.15, 0.2) is 53.4 Å². The fraction of sp³-hybridized carbons (Fsp3) is 0.333. The Labute approximate surface area is 194 Å². The van der Waals surface area contributed by atoms with Crippen molar-refractivity contribution >= 4 is 38.4 Å². The van der Waals surface area contributed by atoms with E-state index in [2.05, 4.69) is 9.46 Å². The summed E-state index contributed by atoms with van der Waals surface area (Å²) in [4.78, 5) is 26.0. The number of hydrogen-bond acceptors (Lipinski definition) is 7. The van der Waals surface area contributed by atoms with Gasteiger partial charge in [-0.25, -0.2) is 8.42 Å². The van der Waals surface area contributed by atoms with Crippen LogP contribution in [0.3, 0.4) is 0 Å². The predicted octanol–water partition coefficient (Wildman–Crippen LogP) is 4.17. The van der Waals surface area contributed by atoms with Gasteiger partial charge >= 0.3 is 6.36 Å². The van der Waals surface area contributed by atoms with E-state index in [9.17, 15) is 31.2 Å². The number of ether oxygens (including phenoxy) is 1. The molecule has 0 radical (unpaired) electrons. The average Bonchev–Trinajstić information content (AvgIpc) is 2.75. The zero-order valence-electron chi connectivity index (χ0n) is 17.9. The summed E-state index contributed by atoms with van der Waals surface area (Å²) in [6.07, 6.45) is -4.88. The predicted molar refractivity (Wildman–Crippen MR) is 120 cm³/mol. The average molecular weight is 505 g/mol. The van der Waals surface area contributed by atoms with Crippen molar-refractivity contribution in [3.8, 4) is 5.75 Å². The summed E-state index contributed by atoms with van der Waals surface area (Å²) in [5.74, 6) is -0.849. The number of rotatable bonds is 11. The molecule has 0 fully saturated rings. The van der Waals surface area contributed by atoms with Crippen molar-refractivity contribution < 1.29 is 35.9 Å². The van der Waals surface area contributed by atoms with Crippen LogP contribution in [0.4, 0.5) is 18.9 Å². The SMILES string of the molecule is CCN(CC)CC(=O)SCC(=O)c1ccc(NS(=O)(=O)c2ccc(OC(F)(F)F)cc2)cc1. The fourth-order valence-electron chi connectivity index (χ4n) is 2.66. The molecule has 0 atom stereocenters. The Morgan fingerprint density at radius 2 is 1.58 bits per heavy atom. The maximum Gasteiger partial charge on any atom is 0.573 e. The van der Waals surface area contributed by atoms with Gasteiger partial charge in [-0.15, -0.1) is 13.2 Å². The number of hydrogen-bond donors (Lipinski definition) is 1. The first-order valence-corrected chi connectivity index (χ1v) is 12.3.